The molecule has 5 heteroatoms. The summed E-state index contributed by atoms with van der Waals surface area (Å²) in [6.07, 6.45) is 3.35. The molecule has 19 heavy (non-hydrogen) atoms. The van der Waals surface area contributed by atoms with Crippen LogP contribution in [0.3, 0.4) is 0 Å². The van der Waals surface area contributed by atoms with E-state index in [1.165, 1.54) is 0 Å². The van der Waals surface area contributed by atoms with Gasteiger partial charge < -0.3 is 15.7 Å². The molecule has 0 bridgehead atoms. The summed E-state index contributed by atoms with van der Waals surface area (Å²) in [5, 5.41) is 15.2. The molecular formula is C14H26N2O3. The van der Waals surface area contributed by atoms with E-state index in [4.69, 9.17) is 5.11 Å². The predicted molar refractivity (Wildman–Crippen MR) is 73.9 cm³/mol. The van der Waals surface area contributed by atoms with E-state index in [9.17, 15) is 9.59 Å². The first-order valence-electron chi connectivity index (χ1n) is 7.05. The van der Waals surface area contributed by atoms with Gasteiger partial charge in [0.25, 0.3) is 0 Å². The molecule has 0 aromatic carbocycles. The van der Waals surface area contributed by atoms with Crippen molar-refractivity contribution >= 4 is 11.9 Å². The van der Waals surface area contributed by atoms with E-state index in [1.54, 1.807) is 0 Å². The molecule has 0 heterocycles. The summed E-state index contributed by atoms with van der Waals surface area (Å²) in [4.78, 5) is 22.6. The molecule has 0 radical (unpaired) electrons. The van der Waals surface area contributed by atoms with E-state index >= 15 is 0 Å². The third-order valence-electron chi connectivity index (χ3n) is 3.45. The Morgan fingerprint density at radius 1 is 1.16 bits per heavy atom. The van der Waals surface area contributed by atoms with Crippen LogP contribution in [0.25, 0.3) is 0 Å². The molecule has 1 aliphatic rings. The van der Waals surface area contributed by atoms with Gasteiger partial charge in [0.2, 0.25) is 5.91 Å². The molecule has 0 spiro atoms. The second kappa shape index (κ2) is 6.89. The van der Waals surface area contributed by atoms with Crippen molar-refractivity contribution in [2.45, 2.75) is 64.5 Å². The van der Waals surface area contributed by atoms with Crippen LogP contribution in [0.15, 0.2) is 0 Å². The Kier molecular flexibility index (Phi) is 5.79. The first-order chi connectivity index (χ1) is 8.78. The van der Waals surface area contributed by atoms with Gasteiger partial charge >= 0.3 is 5.97 Å². The maximum atomic E-state index is 11.7. The number of aliphatic carboxylic acids is 1. The Hall–Kier alpha value is -1.10. The smallest absolute Gasteiger partial charge is 0.306 e. The van der Waals surface area contributed by atoms with E-state index in [2.05, 4.69) is 31.4 Å². The van der Waals surface area contributed by atoms with Crippen LogP contribution >= 0.6 is 0 Å². The first-order valence-corrected chi connectivity index (χ1v) is 7.05. The highest BCUT2D eigenvalue weighted by Crippen LogP contribution is 2.24. The molecule has 0 aliphatic heterocycles. The topological polar surface area (TPSA) is 78.4 Å². The molecule has 110 valence electrons. The fourth-order valence-corrected chi connectivity index (χ4v) is 2.34. The molecule has 1 rings (SSSR count). The van der Waals surface area contributed by atoms with Gasteiger partial charge in [0.05, 0.1) is 5.92 Å². The number of amides is 1. The van der Waals surface area contributed by atoms with Crippen molar-refractivity contribution < 1.29 is 14.7 Å². The molecule has 1 fully saturated rings. The van der Waals surface area contributed by atoms with Crippen molar-refractivity contribution in [2.75, 3.05) is 6.54 Å². The van der Waals surface area contributed by atoms with Gasteiger partial charge in [-0.05, 0) is 46.5 Å². The van der Waals surface area contributed by atoms with Gasteiger partial charge in [-0.15, -0.1) is 0 Å². The van der Waals surface area contributed by atoms with Crippen LogP contribution in [0.4, 0.5) is 0 Å². The molecule has 0 atom stereocenters. The zero-order valence-electron chi connectivity index (χ0n) is 12.2. The van der Waals surface area contributed by atoms with E-state index in [1.807, 2.05) is 0 Å². The lowest BCUT2D eigenvalue weighted by molar-refractivity contribution is -0.142. The Labute approximate surface area is 115 Å². The summed E-state index contributed by atoms with van der Waals surface area (Å²) < 4.78 is 0. The minimum absolute atomic E-state index is 0.0276. The van der Waals surface area contributed by atoms with Crippen LogP contribution in [0.1, 0.15) is 52.9 Å². The summed E-state index contributed by atoms with van der Waals surface area (Å²) in [7, 11) is 0. The standard InChI is InChI=1S/C14H26N2O3/c1-14(2,3)15-9-8-12(17)16-11-6-4-10(5-7-11)13(18)19/h10-11,15H,4-9H2,1-3H3,(H,16,17)(H,18,19). The lowest BCUT2D eigenvalue weighted by Crippen LogP contribution is -2.42. The van der Waals surface area contributed by atoms with E-state index in [0.717, 1.165) is 12.8 Å². The van der Waals surface area contributed by atoms with Crippen molar-refractivity contribution in [2.24, 2.45) is 5.92 Å². The average molecular weight is 270 g/mol. The van der Waals surface area contributed by atoms with E-state index in [0.29, 0.717) is 25.8 Å². The molecule has 0 aromatic heterocycles. The SMILES string of the molecule is CC(C)(C)NCCC(=O)NC1CCC(C(=O)O)CC1. The van der Waals surface area contributed by atoms with Crippen molar-refractivity contribution in [3.05, 3.63) is 0 Å². The quantitative estimate of drug-likeness (QED) is 0.708. The number of carbonyl (C=O) groups is 2. The lowest BCUT2D eigenvalue weighted by atomic mass is 9.86. The Morgan fingerprint density at radius 3 is 2.21 bits per heavy atom. The van der Waals surface area contributed by atoms with Gasteiger partial charge in [0.15, 0.2) is 0 Å². The van der Waals surface area contributed by atoms with Gasteiger partial charge in [-0.2, -0.15) is 0 Å². The molecule has 1 aliphatic carbocycles. The molecule has 5 nitrogen and oxygen atoms in total. The van der Waals surface area contributed by atoms with Crippen LogP contribution in [0.5, 0.6) is 0 Å². The number of hydrogen-bond acceptors (Lipinski definition) is 3. The second-order valence-corrected chi connectivity index (χ2v) is 6.38. The average Bonchev–Trinajstić information content (AvgIpc) is 2.27. The minimum atomic E-state index is -0.709. The highest BCUT2D eigenvalue weighted by atomic mass is 16.4. The molecular weight excluding hydrogens is 244 g/mol. The number of carbonyl (C=O) groups excluding carboxylic acids is 1. The van der Waals surface area contributed by atoms with Crippen LogP contribution in [0, 0.1) is 5.92 Å². The van der Waals surface area contributed by atoms with Crippen molar-refractivity contribution in [1.82, 2.24) is 10.6 Å². The fraction of sp³-hybridized carbons (Fsp3) is 0.857. The molecule has 1 saturated carbocycles. The Bertz CT molecular complexity index is 315. The highest BCUT2D eigenvalue weighted by Gasteiger charge is 2.26. The van der Waals surface area contributed by atoms with Gasteiger partial charge in [0, 0.05) is 24.5 Å². The van der Waals surface area contributed by atoms with Crippen LogP contribution in [-0.2, 0) is 9.59 Å². The third kappa shape index (κ3) is 6.57. The predicted octanol–water partition coefficient (Wildman–Crippen LogP) is 1.52. The molecule has 3 N–H and O–H groups in total. The zero-order valence-corrected chi connectivity index (χ0v) is 12.2. The summed E-state index contributed by atoms with van der Waals surface area (Å²) >= 11 is 0. The summed E-state index contributed by atoms with van der Waals surface area (Å²) in [5.41, 5.74) is 0.0276. The first kappa shape index (κ1) is 16.0. The largest absolute Gasteiger partial charge is 0.481 e. The fourth-order valence-electron chi connectivity index (χ4n) is 2.34. The van der Waals surface area contributed by atoms with Crippen molar-refractivity contribution in [1.29, 1.82) is 0 Å². The van der Waals surface area contributed by atoms with E-state index in [-0.39, 0.29) is 23.4 Å². The van der Waals surface area contributed by atoms with Gasteiger partial charge in [-0.3, -0.25) is 9.59 Å². The third-order valence-corrected chi connectivity index (χ3v) is 3.45. The normalized spacial score (nSPS) is 23.9. The summed E-state index contributed by atoms with van der Waals surface area (Å²) in [6, 6.07) is 0.151. The number of carboxylic acid groups (broad SMARTS) is 1. The Morgan fingerprint density at radius 2 is 1.74 bits per heavy atom. The number of hydrogen-bond donors (Lipinski definition) is 3. The number of rotatable bonds is 5. The maximum absolute atomic E-state index is 11.7. The number of carboxylic acids is 1. The van der Waals surface area contributed by atoms with Gasteiger partial charge in [-0.25, -0.2) is 0 Å². The van der Waals surface area contributed by atoms with Crippen molar-refractivity contribution in [3.8, 4) is 0 Å². The van der Waals surface area contributed by atoms with Crippen LogP contribution in [0.2, 0.25) is 0 Å². The van der Waals surface area contributed by atoms with Gasteiger partial charge in [0.1, 0.15) is 0 Å². The van der Waals surface area contributed by atoms with E-state index < -0.39 is 5.97 Å². The van der Waals surface area contributed by atoms with Crippen LogP contribution < -0.4 is 10.6 Å². The monoisotopic (exact) mass is 270 g/mol. The van der Waals surface area contributed by atoms with Crippen molar-refractivity contribution in [3.63, 3.8) is 0 Å². The lowest BCUT2D eigenvalue weighted by Gasteiger charge is -2.27. The molecule has 0 unspecified atom stereocenters. The summed E-state index contributed by atoms with van der Waals surface area (Å²) in [5.74, 6) is -0.884. The van der Waals surface area contributed by atoms with Gasteiger partial charge in [-0.1, -0.05) is 0 Å². The van der Waals surface area contributed by atoms with Crippen LogP contribution in [-0.4, -0.2) is 35.1 Å². The molecule has 1 amide bonds. The highest BCUT2D eigenvalue weighted by molar-refractivity contribution is 5.76. The molecule has 0 saturated heterocycles. The second-order valence-electron chi connectivity index (χ2n) is 6.38. The minimum Gasteiger partial charge on any atom is -0.481 e. The summed E-state index contributed by atoms with van der Waals surface area (Å²) in [6.45, 7) is 6.87. The maximum Gasteiger partial charge on any atom is 0.306 e. The Balaban J connectivity index is 2.18. The number of nitrogens with one attached hydrogen (secondary N) is 2. The molecule has 0 aromatic rings. The zero-order chi connectivity index (χ0) is 14.5.